The van der Waals surface area contributed by atoms with E-state index in [0.717, 1.165) is 73.8 Å². The van der Waals surface area contributed by atoms with Crippen molar-refractivity contribution in [2.45, 2.75) is 12.8 Å². The number of aldehydes is 1. The number of halogens is 1. The number of benzene rings is 1. The van der Waals surface area contributed by atoms with Crippen LogP contribution in [0.1, 0.15) is 23.2 Å². The molecule has 0 radical (unpaired) electrons. The minimum Gasteiger partial charge on any atom is -0.493 e. The third-order valence-corrected chi connectivity index (χ3v) is 5.67. The van der Waals surface area contributed by atoms with Gasteiger partial charge in [0.05, 0.1) is 34.6 Å². The third kappa shape index (κ3) is 4.71. The van der Waals surface area contributed by atoms with E-state index in [4.69, 9.17) is 16.3 Å². The maximum absolute atomic E-state index is 11.1. The zero-order chi connectivity index (χ0) is 20.1. The number of aromatic nitrogens is 2. The van der Waals surface area contributed by atoms with Gasteiger partial charge >= 0.3 is 0 Å². The molecule has 1 saturated heterocycles. The molecule has 7 heteroatoms. The molecule has 0 N–H and O–H groups in total. The van der Waals surface area contributed by atoms with E-state index < -0.39 is 0 Å². The van der Waals surface area contributed by atoms with Crippen molar-refractivity contribution >= 4 is 29.1 Å². The molecule has 3 aromatic rings. The summed E-state index contributed by atoms with van der Waals surface area (Å²) in [5, 5.41) is 4.96. The Kier molecular flexibility index (Phi) is 6.32. The fourth-order valence-corrected chi connectivity index (χ4v) is 3.96. The van der Waals surface area contributed by atoms with Crippen LogP contribution in [0.4, 0.5) is 5.69 Å². The number of hydrogen-bond donors (Lipinski definition) is 0. The number of ether oxygens (including phenoxy) is 1. The Labute approximate surface area is 175 Å². The number of carbonyl (C=O) groups is 1. The standard InChI is InChI=1S/C22H25ClN4O2/c23-20-5-1-2-6-21(20)26-12-10-25(11-13-26)8-3-4-14-29-19-7-9-27-22(15-19)18(17-28)16-24-27/h1-2,5-7,9,15-17H,3-4,8,10-14H2. The molecule has 6 nitrogen and oxygen atoms in total. The second-order valence-electron chi connectivity index (χ2n) is 7.25. The number of para-hydroxylation sites is 1. The van der Waals surface area contributed by atoms with Crippen molar-refractivity contribution in [3.8, 4) is 5.75 Å². The Morgan fingerprint density at radius 2 is 1.93 bits per heavy atom. The van der Waals surface area contributed by atoms with Gasteiger partial charge in [-0.15, -0.1) is 0 Å². The molecule has 0 bridgehead atoms. The monoisotopic (exact) mass is 412 g/mol. The zero-order valence-electron chi connectivity index (χ0n) is 16.3. The Morgan fingerprint density at radius 3 is 2.72 bits per heavy atom. The smallest absolute Gasteiger partial charge is 0.153 e. The van der Waals surface area contributed by atoms with E-state index in [9.17, 15) is 4.79 Å². The van der Waals surface area contributed by atoms with Gasteiger partial charge in [0, 0.05) is 38.4 Å². The fraction of sp³-hybridized carbons (Fsp3) is 0.364. The molecular formula is C22H25ClN4O2. The summed E-state index contributed by atoms with van der Waals surface area (Å²) in [5.74, 6) is 0.773. The van der Waals surface area contributed by atoms with E-state index in [2.05, 4.69) is 21.0 Å². The predicted molar refractivity (Wildman–Crippen MR) is 115 cm³/mol. The number of unbranched alkanes of at least 4 members (excludes halogenated alkanes) is 1. The second-order valence-corrected chi connectivity index (χ2v) is 7.65. The van der Waals surface area contributed by atoms with E-state index in [1.54, 1.807) is 10.7 Å². The molecular weight excluding hydrogens is 388 g/mol. The number of pyridine rings is 1. The summed E-state index contributed by atoms with van der Waals surface area (Å²) < 4.78 is 7.54. The van der Waals surface area contributed by atoms with Gasteiger partial charge in [0.15, 0.2) is 6.29 Å². The van der Waals surface area contributed by atoms with Gasteiger partial charge in [-0.1, -0.05) is 23.7 Å². The first-order chi connectivity index (χ1) is 14.2. The molecule has 1 fully saturated rings. The van der Waals surface area contributed by atoms with Gasteiger partial charge in [0.1, 0.15) is 5.75 Å². The zero-order valence-corrected chi connectivity index (χ0v) is 17.1. The normalized spacial score (nSPS) is 15.0. The minimum absolute atomic E-state index is 0.575. The Balaban J connectivity index is 1.17. The quantitative estimate of drug-likeness (QED) is 0.416. The molecule has 0 aliphatic carbocycles. The number of hydrogen-bond acceptors (Lipinski definition) is 5. The summed E-state index contributed by atoms with van der Waals surface area (Å²) in [6.07, 6.45) is 6.29. The number of rotatable bonds is 8. The van der Waals surface area contributed by atoms with Crippen LogP contribution >= 0.6 is 11.6 Å². The summed E-state index contributed by atoms with van der Waals surface area (Å²) in [4.78, 5) is 15.9. The topological polar surface area (TPSA) is 50.1 Å². The lowest BCUT2D eigenvalue weighted by Crippen LogP contribution is -2.46. The number of fused-ring (bicyclic) bond motifs is 1. The van der Waals surface area contributed by atoms with Gasteiger partial charge in [-0.3, -0.25) is 9.69 Å². The predicted octanol–water partition coefficient (Wildman–Crippen LogP) is 3.78. The largest absolute Gasteiger partial charge is 0.493 e. The Morgan fingerprint density at radius 1 is 1.10 bits per heavy atom. The van der Waals surface area contributed by atoms with Crippen LogP contribution in [0, 0.1) is 0 Å². The Bertz CT molecular complexity index is 966. The molecule has 1 aliphatic rings. The maximum Gasteiger partial charge on any atom is 0.153 e. The van der Waals surface area contributed by atoms with Crippen molar-refractivity contribution in [2.75, 3.05) is 44.2 Å². The summed E-state index contributed by atoms with van der Waals surface area (Å²) >= 11 is 6.31. The van der Waals surface area contributed by atoms with Crippen molar-refractivity contribution in [2.24, 2.45) is 0 Å². The first-order valence-electron chi connectivity index (χ1n) is 10.0. The van der Waals surface area contributed by atoms with Crippen LogP contribution in [0.25, 0.3) is 5.52 Å². The average molecular weight is 413 g/mol. The van der Waals surface area contributed by atoms with Gasteiger partial charge in [-0.2, -0.15) is 5.10 Å². The van der Waals surface area contributed by atoms with Gasteiger partial charge in [0.2, 0.25) is 0 Å². The third-order valence-electron chi connectivity index (χ3n) is 5.35. The van der Waals surface area contributed by atoms with E-state index in [1.165, 1.54) is 0 Å². The van der Waals surface area contributed by atoms with Crippen molar-refractivity contribution in [1.82, 2.24) is 14.5 Å². The highest BCUT2D eigenvalue weighted by Gasteiger charge is 2.18. The van der Waals surface area contributed by atoms with Gasteiger partial charge < -0.3 is 9.64 Å². The lowest BCUT2D eigenvalue weighted by molar-refractivity contribution is 0.112. The van der Waals surface area contributed by atoms with Crippen molar-refractivity contribution in [3.05, 3.63) is 59.4 Å². The molecule has 4 rings (SSSR count). The van der Waals surface area contributed by atoms with E-state index in [-0.39, 0.29) is 0 Å². The average Bonchev–Trinajstić information content (AvgIpc) is 3.17. The number of carbonyl (C=O) groups excluding carboxylic acids is 1. The van der Waals surface area contributed by atoms with Crippen LogP contribution in [0.5, 0.6) is 5.75 Å². The molecule has 2 aromatic heterocycles. The van der Waals surface area contributed by atoms with E-state index in [1.807, 2.05) is 36.5 Å². The molecule has 0 spiro atoms. The Hall–Kier alpha value is -2.57. The molecule has 0 atom stereocenters. The first kappa shape index (κ1) is 19.7. The molecule has 152 valence electrons. The number of nitrogens with zero attached hydrogens (tertiary/aromatic N) is 4. The molecule has 29 heavy (non-hydrogen) atoms. The van der Waals surface area contributed by atoms with Gasteiger partial charge in [0.25, 0.3) is 0 Å². The summed E-state index contributed by atoms with van der Waals surface area (Å²) in [5.41, 5.74) is 2.48. The van der Waals surface area contributed by atoms with E-state index in [0.29, 0.717) is 12.2 Å². The molecule has 0 amide bonds. The van der Waals surface area contributed by atoms with E-state index >= 15 is 0 Å². The number of anilines is 1. The van der Waals surface area contributed by atoms with Crippen LogP contribution in [0.3, 0.4) is 0 Å². The van der Waals surface area contributed by atoms with Crippen LogP contribution in [-0.2, 0) is 0 Å². The van der Waals surface area contributed by atoms with Crippen molar-refractivity contribution < 1.29 is 9.53 Å². The highest BCUT2D eigenvalue weighted by Crippen LogP contribution is 2.26. The van der Waals surface area contributed by atoms with Crippen molar-refractivity contribution in [1.29, 1.82) is 0 Å². The summed E-state index contributed by atoms with van der Waals surface area (Å²) in [6.45, 7) is 5.86. The van der Waals surface area contributed by atoms with Gasteiger partial charge in [-0.05, 0) is 37.6 Å². The molecule has 0 saturated carbocycles. The summed E-state index contributed by atoms with van der Waals surface area (Å²) in [7, 11) is 0. The fourth-order valence-electron chi connectivity index (χ4n) is 3.71. The van der Waals surface area contributed by atoms with Gasteiger partial charge in [-0.25, -0.2) is 4.52 Å². The maximum atomic E-state index is 11.1. The minimum atomic E-state index is 0.575. The van der Waals surface area contributed by atoms with Crippen LogP contribution in [0.15, 0.2) is 48.8 Å². The molecule has 3 heterocycles. The lowest BCUT2D eigenvalue weighted by Gasteiger charge is -2.36. The highest BCUT2D eigenvalue weighted by molar-refractivity contribution is 6.33. The first-order valence-corrected chi connectivity index (χ1v) is 10.4. The number of piperazine rings is 1. The second kappa shape index (κ2) is 9.29. The SMILES string of the molecule is O=Cc1cnn2ccc(OCCCCN3CCN(c4ccccc4Cl)CC3)cc12. The highest BCUT2D eigenvalue weighted by atomic mass is 35.5. The molecule has 1 aliphatic heterocycles. The summed E-state index contributed by atoms with van der Waals surface area (Å²) in [6, 6.07) is 11.8. The lowest BCUT2D eigenvalue weighted by atomic mass is 10.2. The van der Waals surface area contributed by atoms with Crippen LogP contribution < -0.4 is 9.64 Å². The van der Waals surface area contributed by atoms with Crippen molar-refractivity contribution in [3.63, 3.8) is 0 Å². The van der Waals surface area contributed by atoms with Crippen LogP contribution in [-0.4, -0.2) is 60.1 Å². The van der Waals surface area contributed by atoms with Crippen LogP contribution in [0.2, 0.25) is 5.02 Å². The molecule has 0 unspecified atom stereocenters. The molecule has 1 aromatic carbocycles.